The third kappa shape index (κ3) is 3.80. The quantitative estimate of drug-likeness (QED) is 0.699. The first-order valence-electron chi connectivity index (χ1n) is 7.14. The van der Waals surface area contributed by atoms with Crippen molar-refractivity contribution in [3.63, 3.8) is 0 Å². The van der Waals surface area contributed by atoms with Gasteiger partial charge in [-0.05, 0) is 29.8 Å². The van der Waals surface area contributed by atoms with E-state index in [1.807, 2.05) is 30.3 Å². The number of amides is 1. The minimum absolute atomic E-state index is 0.168. The van der Waals surface area contributed by atoms with Gasteiger partial charge in [0.15, 0.2) is 0 Å². The van der Waals surface area contributed by atoms with Crippen LogP contribution in [0.1, 0.15) is 16.4 Å². The van der Waals surface area contributed by atoms with Gasteiger partial charge in [0.1, 0.15) is 10.3 Å². The minimum atomic E-state index is -0.466. The van der Waals surface area contributed by atoms with Crippen molar-refractivity contribution in [2.24, 2.45) is 0 Å². The summed E-state index contributed by atoms with van der Waals surface area (Å²) in [5.74, 6) is -0.168. The monoisotopic (exact) mass is 335 g/mol. The van der Waals surface area contributed by atoms with Gasteiger partial charge >= 0.3 is 0 Å². The van der Waals surface area contributed by atoms with Crippen molar-refractivity contribution in [1.29, 1.82) is 5.26 Å². The first-order valence-corrected chi connectivity index (χ1v) is 8.02. The van der Waals surface area contributed by atoms with Crippen molar-refractivity contribution < 1.29 is 4.79 Å². The molecule has 2 N–H and O–H groups in total. The Balaban J connectivity index is 1.81. The normalized spacial score (nSPS) is 11.5. The topological polar surface area (TPSA) is 94.5 Å². The number of hydrogen-bond acceptors (Lipinski definition) is 5. The Labute approximate surface area is 142 Å². The second kappa shape index (κ2) is 7.44. The van der Waals surface area contributed by atoms with Gasteiger partial charge in [-0.3, -0.25) is 4.79 Å². The van der Waals surface area contributed by atoms with Crippen LogP contribution in [0.15, 0.2) is 65.8 Å². The molecule has 0 fully saturated rings. The maximum absolute atomic E-state index is 12.7. The molecule has 0 spiro atoms. The van der Waals surface area contributed by atoms with E-state index in [-0.39, 0.29) is 5.91 Å². The Morgan fingerprint density at radius 1 is 1.17 bits per heavy atom. The molecule has 24 heavy (non-hydrogen) atoms. The maximum atomic E-state index is 12.7. The average molecular weight is 335 g/mol. The number of nitrogens with zero attached hydrogens (tertiary/aromatic N) is 3. The van der Waals surface area contributed by atoms with Gasteiger partial charge in [-0.25, -0.2) is 0 Å². The highest BCUT2D eigenvalue weighted by Gasteiger charge is 2.23. The van der Waals surface area contributed by atoms with Crippen molar-refractivity contribution >= 4 is 23.4 Å². The molecule has 1 amide bonds. The molecule has 6 nitrogen and oxygen atoms in total. The Kier molecular flexibility index (Phi) is 4.89. The van der Waals surface area contributed by atoms with Crippen LogP contribution in [0.25, 0.3) is 0 Å². The van der Waals surface area contributed by atoms with E-state index in [9.17, 15) is 4.79 Å². The lowest BCUT2D eigenvalue weighted by Gasteiger charge is -2.15. The summed E-state index contributed by atoms with van der Waals surface area (Å²) in [6.45, 7) is 0. The van der Waals surface area contributed by atoms with Gasteiger partial charge < -0.3 is 5.32 Å². The van der Waals surface area contributed by atoms with E-state index in [0.717, 1.165) is 5.56 Å². The predicted octanol–water partition coefficient (Wildman–Crippen LogP) is 3.15. The molecule has 2 aromatic carbocycles. The fourth-order valence-electron chi connectivity index (χ4n) is 2.11. The van der Waals surface area contributed by atoms with Crippen molar-refractivity contribution in [2.75, 3.05) is 5.32 Å². The van der Waals surface area contributed by atoms with Crippen molar-refractivity contribution in [3.05, 3.63) is 71.9 Å². The highest BCUT2D eigenvalue weighted by Crippen LogP contribution is 2.34. The summed E-state index contributed by atoms with van der Waals surface area (Å²) in [6.07, 6.45) is 1.58. The summed E-state index contributed by atoms with van der Waals surface area (Å²) in [5, 5.41) is 22.2. The van der Waals surface area contributed by atoms with E-state index < -0.39 is 5.25 Å². The van der Waals surface area contributed by atoms with Crippen LogP contribution in [-0.4, -0.2) is 21.3 Å². The molecular formula is C17H13N5OS. The van der Waals surface area contributed by atoms with Crippen LogP contribution in [0.2, 0.25) is 0 Å². The fraction of sp³-hybridized carbons (Fsp3) is 0.0588. The third-order valence-corrected chi connectivity index (χ3v) is 4.41. The number of hydrogen-bond donors (Lipinski definition) is 2. The third-order valence-electron chi connectivity index (χ3n) is 3.25. The zero-order valence-electron chi connectivity index (χ0n) is 12.5. The number of carbonyl (C=O) groups is 1. The predicted molar refractivity (Wildman–Crippen MR) is 91.2 cm³/mol. The number of nitrogens with one attached hydrogen (secondary N) is 2. The highest BCUT2D eigenvalue weighted by molar-refractivity contribution is 8.00. The molecule has 0 bridgehead atoms. The molecule has 0 saturated heterocycles. The number of thioether (sulfide) groups is 1. The van der Waals surface area contributed by atoms with Gasteiger partial charge in [-0.1, -0.05) is 42.1 Å². The van der Waals surface area contributed by atoms with Crippen molar-refractivity contribution in [3.8, 4) is 6.07 Å². The van der Waals surface area contributed by atoms with Crippen LogP contribution < -0.4 is 5.32 Å². The van der Waals surface area contributed by atoms with Crippen LogP contribution in [-0.2, 0) is 4.79 Å². The van der Waals surface area contributed by atoms with Crippen LogP contribution in [0.5, 0.6) is 0 Å². The zero-order valence-corrected chi connectivity index (χ0v) is 13.3. The average Bonchev–Trinajstić information content (AvgIpc) is 3.14. The maximum Gasteiger partial charge on any atom is 0.242 e. The fourth-order valence-corrected chi connectivity index (χ4v) is 3.01. The number of aromatic nitrogens is 3. The number of aromatic amines is 1. The first kappa shape index (κ1) is 15.8. The lowest BCUT2D eigenvalue weighted by molar-refractivity contribution is -0.115. The lowest BCUT2D eigenvalue weighted by atomic mass is 10.1. The molecule has 0 aliphatic rings. The van der Waals surface area contributed by atoms with Gasteiger partial charge in [-0.2, -0.15) is 15.6 Å². The number of carbonyl (C=O) groups excluding carboxylic acids is 1. The molecule has 1 heterocycles. The minimum Gasteiger partial charge on any atom is -0.325 e. The van der Waals surface area contributed by atoms with Crippen LogP contribution in [0.4, 0.5) is 5.69 Å². The number of rotatable bonds is 5. The summed E-state index contributed by atoms with van der Waals surface area (Å²) in [6, 6.07) is 18.3. The molecule has 7 heteroatoms. The SMILES string of the molecule is N#Cc1ccc(NC(=O)C(Sc2cn[nH]n2)c2ccccc2)cc1. The van der Waals surface area contributed by atoms with E-state index in [0.29, 0.717) is 16.3 Å². The second-order valence-corrected chi connectivity index (χ2v) is 6.02. The summed E-state index contributed by atoms with van der Waals surface area (Å²) >= 11 is 1.31. The molecular weight excluding hydrogens is 322 g/mol. The molecule has 3 rings (SSSR count). The molecule has 118 valence electrons. The van der Waals surface area contributed by atoms with Crippen molar-refractivity contribution in [1.82, 2.24) is 15.4 Å². The molecule has 3 aromatic rings. The van der Waals surface area contributed by atoms with E-state index in [1.165, 1.54) is 11.8 Å². The summed E-state index contributed by atoms with van der Waals surface area (Å²) in [4.78, 5) is 12.7. The van der Waals surface area contributed by atoms with Gasteiger partial charge in [0, 0.05) is 5.69 Å². The van der Waals surface area contributed by atoms with E-state index in [2.05, 4.69) is 26.8 Å². The van der Waals surface area contributed by atoms with Gasteiger partial charge in [0.2, 0.25) is 5.91 Å². The van der Waals surface area contributed by atoms with Gasteiger partial charge in [-0.15, -0.1) is 5.10 Å². The molecule has 0 aliphatic heterocycles. The molecule has 0 saturated carbocycles. The molecule has 0 aliphatic carbocycles. The van der Waals surface area contributed by atoms with Gasteiger partial charge in [0.05, 0.1) is 17.8 Å². The first-order chi connectivity index (χ1) is 11.8. The van der Waals surface area contributed by atoms with E-state index in [1.54, 1.807) is 30.5 Å². The molecule has 1 unspecified atom stereocenters. The van der Waals surface area contributed by atoms with Crippen LogP contribution in [0.3, 0.4) is 0 Å². The lowest BCUT2D eigenvalue weighted by Crippen LogP contribution is -2.19. The number of benzene rings is 2. The summed E-state index contributed by atoms with van der Waals surface area (Å²) < 4.78 is 0. The number of H-pyrrole nitrogens is 1. The zero-order chi connectivity index (χ0) is 16.8. The largest absolute Gasteiger partial charge is 0.325 e. The second-order valence-electron chi connectivity index (χ2n) is 4.90. The van der Waals surface area contributed by atoms with Crippen LogP contribution in [0, 0.1) is 11.3 Å². The summed E-state index contributed by atoms with van der Waals surface area (Å²) in [5.41, 5.74) is 2.06. The Morgan fingerprint density at radius 2 is 1.92 bits per heavy atom. The van der Waals surface area contributed by atoms with E-state index in [4.69, 9.17) is 5.26 Å². The Morgan fingerprint density at radius 3 is 2.54 bits per heavy atom. The Hall–Kier alpha value is -3.11. The molecule has 1 atom stereocenters. The van der Waals surface area contributed by atoms with Crippen LogP contribution >= 0.6 is 11.8 Å². The number of nitriles is 1. The summed E-state index contributed by atoms with van der Waals surface area (Å²) in [7, 11) is 0. The van der Waals surface area contributed by atoms with E-state index >= 15 is 0 Å². The number of anilines is 1. The standard InChI is InChI=1S/C17H13N5OS/c18-10-12-6-8-14(9-7-12)20-17(23)16(13-4-2-1-3-5-13)24-15-11-19-22-21-15/h1-9,11,16H,(H,20,23)(H,19,21,22). The molecule has 0 radical (unpaired) electrons. The smallest absolute Gasteiger partial charge is 0.242 e. The molecule has 1 aromatic heterocycles. The van der Waals surface area contributed by atoms with Crippen molar-refractivity contribution in [2.45, 2.75) is 10.3 Å². The highest BCUT2D eigenvalue weighted by atomic mass is 32.2. The van der Waals surface area contributed by atoms with Gasteiger partial charge in [0.25, 0.3) is 0 Å². The Bertz CT molecular complexity index is 841.